The van der Waals surface area contributed by atoms with E-state index in [1.165, 1.54) is 24.1 Å². The molecule has 5 heteroatoms. The fraction of sp³-hybridized carbons (Fsp3) is 0.474. The van der Waals surface area contributed by atoms with Crippen LogP contribution >= 0.6 is 0 Å². The van der Waals surface area contributed by atoms with E-state index in [1.54, 1.807) is 6.26 Å². The molecular weight excluding hydrogens is 300 g/mol. The highest BCUT2D eigenvalue weighted by Gasteiger charge is 2.14. The summed E-state index contributed by atoms with van der Waals surface area (Å²) < 4.78 is 5.36. The molecule has 130 valence electrons. The zero-order chi connectivity index (χ0) is 17.5. The summed E-state index contributed by atoms with van der Waals surface area (Å²) in [5.41, 5.74) is 4.49. The minimum Gasteiger partial charge on any atom is -0.467 e. The Labute approximate surface area is 143 Å². The van der Waals surface area contributed by atoms with Crippen molar-refractivity contribution in [2.24, 2.45) is 0 Å². The van der Waals surface area contributed by atoms with Gasteiger partial charge in [0.15, 0.2) is 5.82 Å². The van der Waals surface area contributed by atoms with E-state index in [-0.39, 0.29) is 0 Å². The lowest BCUT2D eigenvalue weighted by Crippen LogP contribution is -2.03. The quantitative estimate of drug-likeness (QED) is 0.657. The highest BCUT2D eigenvalue weighted by atomic mass is 16.3. The molecule has 0 amide bonds. The number of aryl methyl sites for hydroxylation is 3. The van der Waals surface area contributed by atoms with Crippen molar-refractivity contribution in [1.29, 1.82) is 0 Å². The van der Waals surface area contributed by atoms with Crippen LogP contribution in [0.25, 0.3) is 11.0 Å². The maximum absolute atomic E-state index is 5.36. The smallest absolute Gasteiger partial charge is 0.154 e. The minimum atomic E-state index is 0.612. The van der Waals surface area contributed by atoms with Crippen molar-refractivity contribution in [3.05, 3.63) is 41.2 Å². The number of aromatic nitrogens is 3. The van der Waals surface area contributed by atoms with Gasteiger partial charge in [0, 0.05) is 5.69 Å². The number of rotatable bonds is 6. The van der Waals surface area contributed by atoms with Crippen LogP contribution in [0.2, 0.25) is 0 Å². The van der Waals surface area contributed by atoms with Gasteiger partial charge in [-0.15, -0.1) is 0 Å². The number of fused-ring (bicyclic) bond motifs is 1. The highest BCUT2D eigenvalue weighted by molar-refractivity contribution is 5.89. The number of unbranched alkanes of at least 4 members (excludes halogenated alkanes) is 1. The molecule has 0 radical (unpaired) electrons. The maximum Gasteiger partial charge on any atom is 0.154 e. The average molecular weight is 328 g/mol. The third-order valence-electron chi connectivity index (χ3n) is 3.90. The Morgan fingerprint density at radius 3 is 2.67 bits per heavy atom. The third kappa shape index (κ3) is 3.96. The standard InChI is InChI=1S/C17H22N4O.C2H6/c1-4-5-8-14-11(2)15-16(21-14)17(20-12(3)19-15)18-10-13-7-6-9-22-13;1-2/h6-7,9,21H,4-5,8,10H2,1-3H3,(H,18,19,20);1-2H3. The van der Waals surface area contributed by atoms with Crippen LogP contribution in [-0.2, 0) is 13.0 Å². The lowest BCUT2D eigenvalue weighted by atomic mass is 10.1. The number of hydrogen-bond acceptors (Lipinski definition) is 4. The molecule has 0 saturated heterocycles. The van der Waals surface area contributed by atoms with Gasteiger partial charge in [-0.3, -0.25) is 0 Å². The summed E-state index contributed by atoms with van der Waals surface area (Å²) in [5.74, 6) is 2.50. The summed E-state index contributed by atoms with van der Waals surface area (Å²) in [5, 5.41) is 3.35. The molecule has 3 aromatic heterocycles. The molecule has 0 aliphatic heterocycles. The number of nitrogens with one attached hydrogen (secondary N) is 2. The summed E-state index contributed by atoms with van der Waals surface area (Å²) in [4.78, 5) is 12.7. The average Bonchev–Trinajstić information content (AvgIpc) is 3.22. The second-order valence-corrected chi connectivity index (χ2v) is 5.61. The van der Waals surface area contributed by atoms with Gasteiger partial charge < -0.3 is 14.7 Å². The van der Waals surface area contributed by atoms with Crippen LogP contribution in [0.15, 0.2) is 22.8 Å². The molecule has 0 saturated carbocycles. The molecule has 0 spiro atoms. The third-order valence-corrected chi connectivity index (χ3v) is 3.90. The minimum absolute atomic E-state index is 0.612. The molecule has 3 aromatic rings. The van der Waals surface area contributed by atoms with Crippen molar-refractivity contribution in [2.75, 3.05) is 5.32 Å². The summed E-state index contributed by atoms with van der Waals surface area (Å²) in [7, 11) is 0. The number of nitrogens with zero attached hydrogens (tertiary/aromatic N) is 2. The van der Waals surface area contributed by atoms with Crippen molar-refractivity contribution in [2.45, 2.75) is 60.4 Å². The van der Waals surface area contributed by atoms with E-state index in [4.69, 9.17) is 4.42 Å². The van der Waals surface area contributed by atoms with Crippen molar-refractivity contribution in [3.63, 3.8) is 0 Å². The molecule has 3 rings (SSSR count). The Morgan fingerprint density at radius 2 is 2.00 bits per heavy atom. The fourth-order valence-electron chi connectivity index (χ4n) is 2.67. The summed E-state index contributed by atoms with van der Waals surface area (Å²) >= 11 is 0. The van der Waals surface area contributed by atoms with E-state index in [0.29, 0.717) is 6.54 Å². The van der Waals surface area contributed by atoms with Crippen molar-refractivity contribution in [1.82, 2.24) is 15.0 Å². The predicted molar refractivity (Wildman–Crippen MR) is 99.4 cm³/mol. The summed E-state index contributed by atoms with van der Waals surface area (Å²) in [6.07, 6.45) is 5.09. The van der Waals surface area contributed by atoms with Crippen LogP contribution in [0.4, 0.5) is 5.82 Å². The van der Waals surface area contributed by atoms with E-state index in [0.717, 1.165) is 34.9 Å². The number of hydrogen-bond donors (Lipinski definition) is 2. The zero-order valence-corrected chi connectivity index (χ0v) is 15.4. The molecule has 2 N–H and O–H groups in total. The molecule has 24 heavy (non-hydrogen) atoms. The number of aromatic amines is 1. The Kier molecular flexibility index (Phi) is 6.41. The second-order valence-electron chi connectivity index (χ2n) is 5.61. The van der Waals surface area contributed by atoms with E-state index in [1.807, 2.05) is 32.9 Å². The molecule has 5 nitrogen and oxygen atoms in total. The fourth-order valence-corrected chi connectivity index (χ4v) is 2.67. The Balaban J connectivity index is 0.00000100. The van der Waals surface area contributed by atoms with Gasteiger partial charge in [0.25, 0.3) is 0 Å². The van der Waals surface area contributed by atoms with Crippen LogP contribution in [-0.4, -0.2) is 15.0 Å². The van der Waals surface area contributed by atoms with Crippen LogP contribution in [0.1, 0.15) is 56.5 Å². The second kappa shape index (κ2) is 8.52. The largest absolute Gasteiger partial charge is 0.467 e. The molecule has 0 aliphatic carbocycles. The van der Waals surface area contributed by atoms with Crippen molar-refractivity contribution >= 4 is 16.9 Å². The van der Waals surface area contributed by atoms with Crippen molar-refractivity contribution < 1.29 is 4.42 Å². The van der Waals surface area contributed by atoms with E-state index in [2.05, 4.69) is 34.1 Å². The zero-order valence-electron chi connectivity index (χ0n) is 15.4. The number of H-pyrrole nitrogens is 1. The Bertz CT molecular complexity index is 759. The molecule has 0 atom stereocenters. The van der Waals surface area contributed by atoms with Gasteiger partial charge in [-0.1, -0.05) is 27.2 Å². The highest BCUT2D eigenvalue weighted by Crippen LogP contribution is 2.26. The molecule has 0 bridgehead atoms. The van der Waals surface area contributed by atoms with E-state index in [9.17, 15) is 0 Å². The Morgan fingerprint density at radius 1 is 1.21 bits per heavy atom. The Hall–Kier alpha value is -2.30. The lowest BCUT2D eigenvalue weighted by molar-refractivity contribution is 0.518. The van der Waals surface area contributed by atoms with Gasteiger partial charge in [0.05, 0.1) is 18.3 Å². The van der Waals surface area contributed by atoms with Gasteiger partial charge in [-0.25, -0.2) is 9.97 Å². The lowest BCUT2D eigenvalue weighted by Gasteiger charge is -2.06. The van der Waals surface area contributed by atoms with Crippen LogP contribution < -0.4 is 5.32 Å². The first-order chi connectivity index (χ1) is 11.7. The topological polar surface area (TPSA) is 66.7 Å². The molecule has 3 heterocycles. The van der Waals surface area contributed by atoms with Gasteiger partial charge in [0.2, 0.25) is 0 Å². The van der Waals surface area contributed by atoms with E-state index >= 15 is 0 Å². The first-order valence-electron chi connectivity index (χ1n) is 8.81. The monoisotopic (exact) mass is 328 g/mol. The van der Waals surface area contributed by atoms with Gasteiger partial charge in [-0.05, 0) is 44.4 Å². The van der Waals surface area contributed by atoms with Crippen LogP contribution in [0.3, 0.4) is 0 Å². The number of anilines is 1. The first-order valence-corrected chi connectivity index (χ1v) is 8.81. The van der Waals surface area contributed by atoms with Crippen molar-refractivity contribution in [3.8, 4) is 0 Å². The number of furan rings is 1. The van der Waals surface area contributed by atoms with Crippen LogP contribution in [0, 0.1) is 13.8 Å². The van der Waals surface area contributed by atoms with E-state index < -0.39 is 0 Å². The molecular formula is C19H28N4O. The van der Waals surface area contributed by atoms with Crippen LogP contribution in [0.5, 0.6) is 0 Å². The predicted octanol–water partition coefficient (Wildman–Crippen LogP) is 5.15. The van der Waals surface area contributed by atoms with Gasteiger partial charge >= 0.3 is 0 Å². The normalized spacial score (nSPS) is 10.5. The van der Waals surface area contributed by atoms with Gasteiger partial charge in [0.1, 0.15) is 17.1 Å². The van der Waals surface area contributed by atoms with Gasteiger partial charge in [-0.2, -0.15) is 0 Å². The summed E-state index contributed by atoms with van der Waals surface area (Å²) in [6, 6.07) is 3.84. The first kappa shape index (κ1) is 18.0. The SMILES string of the molecule is CC.CCCCc1[nH]c2c(NCc3ccco3)nc(C)nc2c1C. The molecule has 0 aliphatic rings. The maximum atomic E-state index is 5.36. The summed E-state index contributed by atoms with van der Waals surface area (Å²) in [6.45, 7) is 10.9. The molecule has 0 fully saturated rings. The molecule has 0 unspecified atom stereocenters. The molecule has 0 aromatic carbocycles.